The lowest BCUT2D eigenvalue weighted by atomic mass is 9.73. The van der Waals surface area contributed by atoms with Crippen molar-refractivity contribution in [2.45, 2.75) is 37.5 Å². The van der Waals surface area contributed by atoms with Crippen molar-refractivity contribution in [3.05, 3.63) is 81.3 Å². The molecule has 9 nitrogen and oxygen atoms in total. The van der Waals surface area contributed by atoms with Gasteiger partial charge in [-0.05, 0) is 18.4 Å². The predicted octanol–water partition coefficient (Wildman–Crippen LogP) is 2.66. The van der Waals surface area contributed by atoms with Crippen LogP contribution in [0.2, 0.25) is 0 Å². The van der Waals surface area contributed by atoms with E-state index < -0.39 is 28.5 Å². The molecule has 0 amide bonds. The summed E-state index contributed by atoms with van der Waals surface area (Å²) in [6.45, 7) is 1.89. The molecule has 1 aliphatic carbocycles. The van der Waals surface area contributed by atoms with E-state index in [0.717, 1.165) is 18.5 Å². The summed E-state index contributed by atoms with van der Waals surface area (Å²) in [5, 5.41) is 55.6. The minimum absolute atomic E-state index is 0.0886. The average Bonchev–Trinajstić information content (AvgIpc) is 3.66. The zero-order chi connectivity index (χ0) is 23.8. The molecule has 164 valence electrons. The molecule has 2 heterocycles. The molecule has 2 aromatic rings. The summed E-state index contributed by atoms with van der Waals surface area (Å²) in [5.41, 5.74) is 0.0255. The third kappa shape index (κ3) is 3.67. The zero-order valence-corrected chi connectivity index (χ0v) is 17.8. The van der Waals surface area contributed by atoms with Crippen LogP contribution < -0.4 is 9.88 Å². The van der Waals surface area contributed by atoms with Gasteiger partial charge in [0.15, 0.2) is 17.8 Å². The highest BCUT2D eigenvalue weighted by Gasteiger charge is 2.62. The quantitative estimate of drug-likeness (QED) is 0.411. The molecular formula is C24H21N6O3+. The van der Waals surface area contributed by atoms with E-state index in [2.05, 4.69) is 11.4 Å². The molecule has 2 N–H and O–H groups in total. The molecule has 3 atom stereocenters. The van der Waals surface area contributed by atoms with Crippen LogP contribution in [-0.2, 0) is 0 Å². The molecule has 0 spiro atoms. The number of nitro benzene ring substituents is 1. The van der Waals surface area contributed by atoms with E-state index in [1.807, 2.05) is 48.0 Å². The number of pyridine rings is 1. The lowest BCUT2D eigenvalue weighted by Crippen LogP contribution is -2.67. The summed E-state index contributed by atoms with van der Waals surface area (Å²) in [4.78, 5) is 10.7. The van der Waals surface area contributed by atoms with Gasteiger partial charge in [0.25, 0.3) is 5.69 Å². The third-order valence-electron chi connectivity index (χ3n) is 6.43. The molecule has 0 bridgehead atoms. The van der Waals surface area contributed by atoms with Crippen LogP contribution in [0, 0.1) is 62.9 Å². The highest BCUT2D eigenvalue weighted by atomic mass is 16.6. The first-order chi connectivity index (χ1) is 15.8. The van der Waals surface area contributed by atoms with Crippen LogP contribution in [0.25, 0.3) is 0 Å². The average molecular weight is 441 g/mol. The van der Waals surface area contributed by atoms with Crippen molar-refractivity contribution in [2.75, 3.05) is 0 Å². The van der Waals surface area contributed by atoms with Crippen molar-refractivity contribution in [1.29, 1.82) is 15.8 Å². The number of aromatic nitrogens is 1. The lowest BCUT2D eigenvalue weighted by molar-refractivity contribution is -0.747. The summed E-state index contributed by atoms with van der Waals surface area (Å²) >= 11 is 0. The van der Waals surface area contributed by atoms with Gasteiger partial charge in [0.05, 0.1) is 40.3 Å². The Morgan fingerprint density at radius 1 is 1.18 bits per heavy atom. The molecule has 1 saturated carbocycles. The van der Waals surface area contributed by atoms with E-state index in [4.69, 9.17) is 0 Å². The Morgan fingerprint density at radius 2 is 1.85 bits per heavy atom. The van der Waals surface area contributed by atoms with Crippen molar-refractivity contribution < 1.29 is 14.6 Å². The second-order valence-corrected chi connectivity index (χ2v) is 8.38. The Morgan fingerprint density at radius 3 is 2.36 bits per heavy atom. The van der Waals surface area contributed by atoms with Crippen molar-refractivity contribution >= 4 is 5.69 Å². The van der Waals surface area contributed by atoms with E-state index in [1.54, 1.807) is 12.1 Å². The molecule has 1 aliphatic heterocycles. The molecule has 0 unspecified atom stereocenters. The second-order valence-electron chi connectivity index (χ2n) is 8.38. The maximum atomic E-state index is 12.0. The smallest absolute Gasteiger partial charge is 0.269 e. The lowest BCUT2D eigenvalue weighted by Gasteiger charge is -2.43. The summed E-state index contributed by atoms with van der Waals surface area (Å²) in [6.07, 6.45) is 3.32. The van der Waals surface area contributed by atoms with Crippen molar-refractivity contribution in [3.8, 4) is 18.2 Å². The number of hydrogen-bond donors (Lipinski definition) is 2. The predicted molar refractivity (Wildman–Crippen MR) is 114 cm³/mol. The van der Waals surface area contributed by atoms with Crippen LogP contribution in [-0.4, -0.2) is 15.8 Å². The number of nitriles is 3. The van der Waals surface area contributed by atoms with Crippen LogP contribution in [0.3, 0.4) is 0 Å². The van der Waals surface area contributed by atoms with Crippen LogP contribution in [0.5, 0.6) is 0 Å². The van der Waals surface area contributed by atoms with E-state index in [1.165, 1.54) is 12.1 Å². The van der Waals surface area contributed by atoms with E-state index in [-0.39, 0.29) is 22.9 Å². The first-order valence-corrected chi connectivity index (χ1v) is 10.5. The fourth-order valence-electron chi connectivity index (χ4n) is 4.70. The third-order valence-corrected chi connectivity index (χ3v) is 6.43. The summed E-state index contributed by atoms with van der Waals surface area (Å²) in [5.74, 6) is -2.16. The van der Waals surface area contributed by atoms with Gasteiger partial charge in [-0.2, -0.15) is 20.4 Å². The van der Waals surface area contributed by atoms with Crippen LogP contribution in [0.1, 0.15) is 36.1 Å². The number of nitro groups is 1. The highest BCUT2D eigenvalue weighted by molar-refractivity contribution is 5.48. The van der Waals surface area contributed by atoms with E-state index >= 15 is 0 Å². The number of hydrogen-bond acceptors (Lipinski definition) is 7. The number of non-ortho nitro benzene ring substituents is 1. The summed E-state index contributed by atoms with van der Waals surface area (Å²) in [7, 11) is 0. The molecule has 0 radical (unpaired) electrons. The SMILES string of the molecule is Cc1cccc[n+]1[C@@H]1[C@H](c2ccc([N+](=O)[O-])cc2)C(C#N)=C(C(C#N)C#N)N[C@]1(O)C1CC1. The largest absolute Gasteiger partial charge is 0.365 e. The zero-order valence-electron chi connectivity index (χ0n) is 17.8. The number of benzene rings is 1. The number of rotatable bonds is 5. The molecule has 1 fully saturated rings. The van der Waals surface area contributed by atoms with Gasteiger partial charge in [-0.25, -0.2) is 0 Å². The van der Waals surface area contributed by atoms with Gasteiger partial charge in [-0.15, -0.1) is 0 Å². The van der Waals surface area contributed by atoms with Gasteiger partial charge < -0.3 is 10.4 Å². The van der Waals surface area contributed by atoms with Crippen LogP contribution in [0.15, 0.2) is 59.9 Å². The minimum Gasteiger partial charge on any atom is -0.365 e. The van der Waals surface area contributed by atoms with Gasteiger partial charge >= 0.3 is 0 Å². The topological polar surface area (TPSA) is 151 Å². The molecule has 1 aromatic heterocycles. The van der Waals surface area contributed by atoms with Crippen molar-refractivity contribution in [3.63, 3.8) is 0 Å². The molecule has 2 aliphatic rings. The summed E-state index contributed by atoms with van der Waals surface area (Å²) < 4.78 is 1.89. The maximum absolute atomic E-state index is 12.0. The van der Waals surface area contributed by atoms with Gasteiger partial charge in [0.2, 0.25) is 11.8 Å². The minimum atomic E-state index is -1.54. The maximum Gasteiger partial charge on any atom is 0.269 e. The molecular weight excluding hydrogens is 420 g/mol. The number of aliphatic hydroxyl groups is 1. The highest BCUT2D eigenvalue weighted by Crippen LogP contribution is 2.52. The standard InChI is InChI=1S/C24H21N6O3/c1-15-4-2-3-11-29(15)23-21(16-5-9-19(10-6-16)30(32)33)20(14-27)22(17(12-25)13-26)28-24(23,31)18-7-8-18/h2-6,9-11,17-18,21,23,28,31H,7-8H2,1H3/q+1/t21-,23-,24+/m1/s1. The van der Waals surface area contributed by atoms with Gasteiger partial charge in [0, 0.05) is 37.1 Å². The summed E-state index contributed by atoms with van der Waals surface area (Å²) in [6, 6.07) is 16.7. The monoisotopic (exact) mass is 441 g/mol. The second kappa shape index (κ2) is 8.35. The first-order valence-electron chi connectivity index (χ1n) is 10.5. The Bertz CT molecular complexity index is 1250. The number of nitrogens with one attached hydrogen (secondary N) is 1. The van der Waals surface area contributed by atoms with Crippen molar-refractivity contribution in [2.24, 2.45) is 11.8 Å². The molecule has 9 heteroatoms. The normalized spacial score (nSPS) is 24.4. The Labute approximate surface area is 190 Å². The van der Waals surface area contributed by atoms with Gasteiger partial charge in [-0.1, -0.05) is 18.2 Å². The molecule has 1 aromatic carbocycles. The van der Waals surface area contributed by atoms with Crippen LogP contribution in [0.4, 0.5) is 5.69 Å². The van der Waals surface area contributed by atoms with E-state index in [0.29, 0.717) is 5.56 Å². The number of allylic oxidation sites excluding steroid dienone is 2. The van der Waals surface area contributed by atoms with E-state index in [9.17, 15) is 31.0 Å². The fourth-order valence-corrected chi connectivity index (χ4v) is 4.70. The Balaban J connectivity index is 2.02. The van der Waals surface area contributed by atoms with Crippen molar-refractivity contribution in [1.82, 2.24) is 5.32 Å². The van der Waals surface area contributed by atoms with Crippen LogP contribution >= 0.6 is 0 Å². The fraction of sp³-hybridized carbons (Fsp3) is 0.333. The number of aryl methyl sites for hydroxylation is 1. The molecule has 33 heavy (non-hydrogen) atoms. The number of nitrogens with zero attached hydrogens (tertiary/aromatic N) is 5. The Kier molecular flexibility index (Phi) is 5.55. The first kappa shape index (κ1) is 22.0. The molecule has 4 rings (SSSR count). The Hall–Kier alpha value is -4.26. The molecule has 0 saturated heterocycles. The van der Waals surface area contributed by atoms with Gasteiger partial charge in [0.1, 0.15) is 0 Å². The van der Waals surface area contributed by atoms with Gasteiger partial charge in [-0.3, -0.25) is 10.1 Å².